The number of thioether (sulfide) groups is 1. The first-order valence-electron chi connectivity index (χ1n) is 8.72. The van der Waals surface area contributed by atoms with Crippen molar-refractivity contribution >= 4 is 29.3 Å². The number of anilines is 1. The second-order valence-electron chi connectivity index (χ2n) is 6.46. The predicted molar refractivity (Wildman–Crippen MR) is 102 cm³/mol. The Morgan fingerprint density at radius 1 is 1.19 bits per heavy atom. The molecule has 0 spiro atoms. The number of nitrogens with one attached hydrogen (secondary N) is 1. The van der Waals surface area contributed by atoms with Gasteiger partial charge in [0.1, 0.15) is 11.9 Å². The van der Waals surface area contributed by atoms with Crippen molar-refractivity contribution in [2.75, 3.05) is 17.6 Å². The summed E-state index contributed by atoms with van der Waals surface area (Å²) in [7, 11) is 0. The highest BCUT2D eigenvalue weighted by Gasteiger charge is 2.44. The maximum absolute atomic E-state index is 14.1. The zero-order chi connectivity index (χ0) is 18.3. The first-order chi connectivity index (χ1) is 12.6. The number of fused-ring (bicyclic) bond motifs is 2. The average Bonchev–Trinajstić information content (AvgIpc) is 3.02. The first-order valence-corrected chi connectivity index (χ1v) is 9.77. The van der Waals surface area contributed by atoms with Gasteiger partial charge in [0.15, 0.2) is 0 Å². The van der Waals surface area contributed by atoms with E-state index in [0.717, 1.165) is 12.2 Å². The number of halogens is 1. The molecular formula is C20H19FN2O2S. The van der Waals surface area contributed by atoms with Crippen LogP contribution in [0.4, 0.5) is 10.1 Å². The standard InChI is InChI=1S/C20H19FN2O2S/c1-2-26-17-9-10-23-18(17)19(24)22-16-8-7-12(11-14(16)20(23)25)13-5-3-4-6-15(13)21/h3-8,11,17-18H,2,9-10H2,1H3,(H,22,24)/t17-,18+/m1/s1. The lowest BCUT2D eigenvalue weighted by Gasteiger charge is -2.23. The zero-order valence-electron chi connectivity index (χ0n) is 14.4. The topological polar surface area (TPSA) is 49.4 Å². The molecular weight excluding hydrogens is 351 g/mol. The molecule has 4 rings (SSSR count). The van der Waals surface area contributed by atoms with Crippen molar-refractivity contribution in [1.82, 2.24) is 4.90 Å². The minimum atomic E-state index is -0.447. The molecule has 0 radical (unpaired) electrons. The average molecular weight is 370 g/mol. The van der Waals surface area contributed by atoms with E-state index in [-0.39, 0.29) is 22.9 Å². The second kappa shape index (κ2) is 6.76. The largest absolute Gasteiger partial charge is 0.325 e. The smallest absolute Gasteiger partial charge is 0.256 e. The fourth-order valence-electron chi connectivity index (χ4n) is 3.75. The molecule has 6 heteroatoms. The molecule has 1 N–H and O–H groups in total. The van der Waals surface area contributed by atoms with Crippen LogP contribution in [0.15, 0.2) is 42.5 Å². The summed E-state index contributed by atoms with van der Waals surface area (Å²) < 4.78 is 14.1. The zero-order valence-corrected chi connectivity index (χ0v) is 15.2. The van der Waals surface area contributed by atoms with Gasteiger partial charge < -0.3 is 10.2 Å². The van der Waals surface area contributed by atoms with Crippen LogP contribution in [0.5, 0.6) is 0 Å². The number of amides is 2. The molecule has 2 amide bonds. The summed E-state index contributed by atoms with van der Waals surface area (Å²) in [5.41, 5.74) is 1.98. The van der Waals surface area contributed by atoms with Crippen LogP contribution in [0.3, 0.4) is 0 Å². The fraction of sp³-hybridized carbons (Fsp3) is 0.300. The minimum absolute atomic E-state index is 0.115. The highest BCUT2D eigenvalue weighted by Crippen LogP contribution is 2.36. The van der Waals surface area contributed by atoms with Crippen LogP contribution in [-0.4, -0.2) is 40.3 Å². The molecule has 2 aliphatic heterocycles. The molecule has 2 atom stereocenters. The number of rotatable bonds is 3. The molecule has 0 bridgehead atoms. The van der Waals surface area contributed by atoms with E-state index >= 15 is 0 Å². The molecule has 1 saturated heterocycles. The van der Waals surface area contributed by atoms with Gasteiger partial charge >= 0.3 is 0 Å². The fourth-order valence-corrected chi connectivity index (χ4v) is 4.90. The van der Waals surface area contributed by atoms with Crippen LogP contribution in [0.1, 0.15) is 23.7 Å². The van der Waals surface area contributed by atoms with Gasteiger partial charge in [-0.05, 0) is 35.9 Å². The summed E-state index contributed by atoms with van der Waals surface area (Å²) in [6.45, 7) is 2.62. The molecule has 4 nitrogen and oxygen atoms in total. The molecule has 1 fully saturated rings. The normalized spacial score (nSPS) is 21.8. The Hall–Kier alpha value is -2.34. The quantitative estimate of drug-likeness (QED) is 0.895. The molecule has 2 aromatic rings. The van der Waals surface area contributed by atoms with Gasteiger partial charge in [0.25, 0.3) is 5.91 Å². The Kier molecular flexibility index (Phi) is 4.44. The maximum Gasteiger partial charge on any atom is 0.256 e. The van der Waals surface area contributed by atoms with Crippen LogP contribution >= 0.6 is 11.8 Å². The van der Waals surface area contributed by atoms with E-state index in [0.29, 0.717) is 28.9 Å². The van der Waals surface area contributed by atoms with Crippen molar-refractivity contribution in [3.8, 4) is 11.1 Å². The van der Waals surface area contributed by atoms with Gasteiger partial charge in [-0.1, -0.05) is 31.2 Å². The van der Waals surface area contributed by atoms with E-state index in [1.54, 1.807) is 53.1 Å². The van der Waals surface area contributed by atoms with Crippen LogP contribution in [0.25, 0.3) is 11.1 Å². The van der Waals surface area contributed by atoms with Crippen molar-refractivity contribution in [2.45, 2.75) is 24.6 Å². The Labute approximate surface area is 155 Å². The third kappa shape index (κ3) is 2.78. The number of benzene rings is 2. The van der Waals surface area contributed by atoms with Crippen LogP contribution in [0.2, 0.25) is 0 Å². The Morgan fingerprint density at radius 2 is 2.00 bits per heavy atom. The molecule has 2 aliphatic rings. The van der Waals surface area contributed by atoms with Gasteiger partial charge in [-0.3, -0.25) is 9.59 Å². The van der Waals surface area contributed by atoms with E-state index < -0.39 is 6.04 Å². The third-order valence-electron chi connectivity index (χ3n) is 4.95. The van der Waals surface area contributed by atoms with E-state index in [1.165, 1.54) is 6.07 Å². The summed E-state index contributed by atoms with van der Waals surface area (Å²) in [5.74, 6) is 0.261. The summed E-state index contributed by atoms with van der Waals surface area (Å²) in [4.78, 5) is 27.5. The summed E-state index contributed by atoms with van der Waals surface area (Å²) in [6, 6.07) is 11.1. The molecule has 0 unspecified atom stereocenters. The van der Waals surface area contributed by atoms with Crippen molar-refractivity contribution in [3.05, 3.63) is 53.8 Å². The van der Waals surface area contributed by atoms with Crippen molar-refractivity contribution in [1.29, 1.82) is 0 Å². The van der Waals surface area contributed by atoms with Crippen molar-refractivity contribution in [2.24, 2.45) is 0 Å². The van der Waals surface area contributed by atoms with Crippen LogP contribution in [0, 0.1) is 5.82 Å². The van der Waals surface area contributed by atoms with E-state index in [1.807, 2.05) is 0 Å². The predicted octanol–water partition coefficient (Wildman–Crippen LogP) is 3.78. The number of carbonyl (C=O) groups excluding carboxylic acids is 2. The minimum Gasteiger partial charge on any atom is -0.325 e. The lowest BCUT2D eigenvalue weighted by molar-refractivity contribution is -0.119. The Bertz CT molecular complexity index is 886. The van der Waals surface area contributed by atoms with Gasteiger partial charge in [0.2, 0.25) is 5.91 Å². The van der Waals surface area contributed by atoms with Crippen LogP contribution in [-0.2, 0) is 4.79 Å². The number of carbonyl (C=O) groups is 2. The van der Waals surface area contributed by atoms with Gasteiger partial charge in [-0.2, -0.15) is 11.8 Å². The van der Waals surface area contributed by atoms with Gasteiger partial charge in [0, 0.05) is 17.4 Å². The monoisotopic (exact) mass is 370 g/mol. The number of hydrogen-bond acceptors (Lipinski definition) is 3. The van der Waals surface area contributed by atoms with Crippen LogP contribution < -0.4 is 5.32 Å². The molecule has 0 aliphatic carbocycles. The highest BCUT2D eigenvalue weighted by atomic mass is 32.2. The Morgan fingerprint density at radius 3 is 2.77 bits per heavy atom. The van der Waals surface area contributed by atoms with E-state index in [2.05, 4.69) is 12.2 Å². The molecule has 26 heavy (non-hydrogen) atoms. The van der Waals surface area contributed by atoms with Gasteiger partial charge in [0.05, 0.1) is 11.3 Å². The number of nitrogens with zero attached hydrogens (tertiary/aromatic N) is 1. The first kappa shape index (κ1) is 17.1. The molecule has 0 aromatic heterocycles. The summed E-state index contributed by atoms with van der Waals surface area (Å²) >= 11 is 1.72. The number of hydrogen-bond donors (Lipinski definition) is 1. The van der Waals surface area contributed by atoms with Gasteiger partial charge in [-0.15, -0.1) is 0 Å². The summed E-state index contributed by atoms with van der Waals surface area (Å²) in [6.07, 6.45) is 0.810. The third-order valence-corrected chi connectivity index (χ3v) is 6.20. The molecule has 0 saturated carbocycles. The maximum atomic E-state index is 14.1. The SMILES string of the molecule is CCS[C@@H]1CCN2C(=O)c3cc(-c4ccccc4F)ccc3NC(=O)[C@H]12. The van der Waals surface area contributed by atoms with E-state index in [9.17, 15) is 14.0 Å². The van der Waals surface area contributed by atoms with Gasteiger partial charge in [-0.25, -0.2) is 4.39 Å². The van der Waals surface area contributed by atoms with E-state index in [4.69, 9.17) is 0 Å². The Balaban J connectivity index is 1.75. The summed E-state index contributed by atoms with van der Waals surface area (Å²) in [5, 5.41) is 3.01. The highest BCUT2D eigenvalue weighted by molar-refractivity contribution is 7.99. The van der Waals surface area contributed by atoms with Crippen molar-refractivity contribution < 1.29 is 14.0 Å². The second-order valence-corrected chi connectivity index (χ2v) is 7.97. The molecule has 2 heterocycles. The molecule has 2 aromatic carbocycles. The molecule has 134 valence electrons. The lowest BCUT2D eigenvalue weighted by atomic mass is 10.0. The van der Waals surface area contributed by atoms with Crippen molar-refractivity contribution in [3.63, 3.8) is 0 Å². The lowest BCUT2D eigenvalue weighted by Crippen LogP contribution is -2.44.